The minimum atomic E-state index is 0.320. The number of piperidine rings is 2. The molecule has 2 unspecified atom stereocenters. The molecule has 4 heterocycles. The number of ether oxygens (including phenoxy) is 1. The van der Waals surface area contributed by atoms with Gasteiger partial charge in [0, 0.05) is 63.3 Å². The molecule has 2 atom stereocenters. The zero-order valence-corrected chi connectivity index (χ0v) is 17.3. The summed E-state index contributed by atoms with van der Waals surface area (Å²) < 4.78 is 6.24. The van der Waals surface area contributed by atoms with E-state index in [0.29, 0.717) is 24.2 Å². The number of nitrogens with one attached hydrogen (secondary N) is 1. The molecule has 0 aliphatic carbocycles. The Morgan fingerprint density at radius 2 is 1.93 bits per heavy atom. The van der Waals surface area contributed by atoms with Crippen molar-refractivity contribution in [2.75, 3.05) is 26.2 Å². The molecular weight excluding hydrogens is 336 g/mol. The van der Waals surface area contributed by atoms with Crippen LogP contribution in [0.25, 0.3) is 0 Å². The minimum Gasteiger partial charge on any atom is -0.474 e. The van der Waals surface area contributed by atoms with Crippen molar-refractivity contribution in [1.29, 1.82) is 0 Å². The van der Waals surface area contributed by atoms with Gasteiger partial charge in [-0.25, -0.2) is 4.98 Å². The summed E-state index contributed by atoms with van der Waals surface area (Å²) >= 11 is 0. The van der Waals surface area contributed by atoms with Crippen LogP contribution in [0.5, 0.6) is 5.88 Å². The van der Waals surface area contributed by atoms with E-state index in [2.05, 4.69) is 48.0 Å². The molecule has 0 radical (unpaired) electrons. The lowest BCUT2D eigenvalue weighted by Crippen LogP contribution is -2.50. The SMILES string of the molecule is CC1CCC(N2CCc3nc(OC4CCN(C(C)C)CC4)ccc3C2)CN1. The summed E-state index contributed by atoms with van der Waals surface area (Å²) in [7, 11) is 0. The van der Waals surface area contributed by atoms with Crippen LogP contribution in [0.3, 0.4) is 0 Å². The van der Waals surface area contributed by atoms with Crippen LogP contribution in [0.2, 0.25) is 0 Å². The minimum absolute atomic E-state index is 0.320. The molecule has 0 amide bonds. The first kappa shape index (κ1) is 19.2. The van der Waals surface area contributed by atoms with E-state index >= 15 is 0 Å². The molecule has 5 nitrogen and oxygen atoms in total. The third kappa shape index (κ3) is 4.64. The van der Waals surface area contributed by atoms with Gasteiger partial charge in [0.2, 0.25) is 5.88 Å². The topological polar surface area (TPSA) is 40.6 Å². The average molecular weight is 373 g/mol. The van der Waals surface area contributed by atoms with Gasteiger partial charge in [0.1, 0.15) is 6.10 Å². The number of likely N-dealkylation sites (tertiary alicyclic amines) is 1. The van der Waals surface area contributed by atoms with Crippen LogP contribution < -0.4 is 10.1 Å². The fraction of sp³-hybridized carbons (Fsp3) is 0.773. The molecule has 5 heteroatoms. The molecule has 0 saturated carbocycles. The molecule has 0 aromatic carbocycles. The lowest BCUT2D eigenvalue weighted by Gasteiger charge is -2.39. The van der Waals surface area contributed by atoms with Gasteiger partial charge in [-0.15, -0.1) is 0 Å². The van der Waals surface area contributed by atoms with Gasteiger partial charge in [0.15, 0.2) is 0 Å². The molecule has 0 spiro atoms. The van der Waals surface area contributed by atoms with Crippen LogP contribution in [0.1, 0.15) is 57.7 Å². The molecule has 4 rings (SSSR count). The van der Waals surface area contributed by atoms with E-state index in [1.165, 1.54) is 24.1 Å². The Balaban J connectivity index is 1.32. The van der Waals surface area contributed by atoms with E-state index in [1.54, 1.807) is 0 Å². The maximum Gasteiger partial charge on any atom is 0.213 e. The Morgan fingerprint density at radius 1 is 1.11 bits per heavy atom. The van der Waals surface area contributed by atoms with Gasteiger partial charge < -0.3 is 15.0 Å². The second-order valence-corrected chi connectivity index (χ2v) is 8.96. The van der Waals surface area contributed by atoms with E-state index in [1.807, 2.05) is 0 Å². The van der Waals surface area contributed by atoms with Gasteiger partial charge in [0.25, 0.3) is 0 Å². The number of nitrogens with zero attached hydrogens (tertiary/aromatic N) is 3. The van der Waals surface area contributed by atoms with Gasteiger partial charge in [-0.3, -0.25) is 4.90 Å². The predicted molar refractivity (Wildman–Crippen MR) is 109 cm³/mol. The van der Waals surface area contributed by atoms with Crippen LogP contribution >= 0.6 is 0 Å². The normalized spacial score (nSPS) is 28.3. The Morgan fingerprint density at radius 3 is 2.63 bits per heavy atom. The first-order valence-electron chi connectivity index (χ1n) is 11.0. The quantitative estimate of drug-likeness (QED) is 0.880. The van der Waals surface area contributed by atoms with E-state index in [9.17, 15) is 0 Å². The largest absolute Gasteiger partial charge is 0.474 e. The predicted octanol–water partition coefficient (Wildman–Crippen LogP) is 2.83. The Bertz CT molecular complexity index is 619. The first-order chi connectivity index (χ1) is 13.1. The van der Waals surface area contributed by atoms with Gasteiger partial charge >= 0.3 is 0 Å². The Hall–Kier alpha value is -1.17. The van der Waals surface area contributed by atoms with E-state index in [-0.39, 0.29) is 0 Å². The molecule has 3 aliphatic heterocycles. The van der Waals surface area contributed by atoms with Gasteiger partial charge in [-0.05, 0) is 52.0 Å². The molecular formula is C22H36N4O. The number of fused-ring (bicyclic) bond motifs is 1. The number of hydrogen-bond acceptors (Lipinski definition) is 5. The molecule has 0 bridgehead atoms. The van der Waals surface area contributed by atoms with Crippen molar-refractivity contribution in [3.8, 4) is 5.88 Å². The number of hydrogen-bond donors (Lipinski definition) is 1. The molecule has 2 fully saturated rings. The summed E-state index contributed by atoms with van der Waals surface area (Å²) in [4.78, 5) is 10.1. The number of aromatic nitrogens is 1. The summed E-state index contributed by atoms with van der Waals surface area (Å²) in [5, 5.41) is 3.64. The fourth-order valence-electron chi connectivity index (χ4n) is 4.77. The molecule has 1 N–H and O–H groups in total. The second kappa shape index (κ2) is 8.46. The third-order valence-electron chi connectivity index (χ3n) is 6.70. The summed E-state index contributed by atoms with van der Waals surface area (Å²) in [5.74, 6) is 0.832. The monoisotopic (exact) mass is 372 g/mol. The zero-order valence-electron chi connectivity index (χ0n) is 17.3. The smallest absolute Gasteiger partial charge is 0.213 e. The second-order valence-electron chi connectivity index (χ2n) is 8.96. The van der Waals surface area contributed by atoms with Crippen LogP contribution in [-0.2, 0) is 13.0 Å². The molecule has 150 valence electrons. The van der Waals surface area contributed by atoms with Crippen LogP contribution in [-0.4, -0.2) is 65.2 Å². The van der Waals surface area contributed by atoms with Crippen LogP contribution in [0.15, 0.2) is 12.1 Å². The van der Waals surface area contributed by atoms with Gasteiger partial charge in [0.05, 0.1) is 5.69 Å². The van der Waals surface area contributed by atoms with Gasteiger partial charge in [-0.1, -0.05) is 6.07 Å². The molecule has 3 aliphatic rings. The standard InChI is InChI=1S/C22H36N4O/c1-16(2)25-11-8-20(9-12-25)27-22-7-5-18-15-26(13-10-21(18)24-22)19-6-4-17(3)23-14-19/h5,7,16-17,19-20,23H,4,6,8-15H2,1-3H3. The van der Waals surface area contributed by atoms with Crippen molar-refractivity contribution in [3.63, 3.8) is 0 Å². The average Bonchev–Trinajstić information content (AvgIpc) is 2.68. The van der Waals surface area contributed by atoms with Crippen molar-refractivity contribution >= 4 is 0 Å². The summed E-state index contributed by atoms with van der Waals surface area (Å²) in [5.41, 5.74) is 2.64. The highest BCUT2D eigenvalue weighted by Crippen LogP contribution is 2.26. The van der Waals surface area contributed by atoms with Crippen molar-refractivity contribution in [2.45, 2.75) is 83.6 Å². The lowest BCUT2D eigenvalue weighted by atomic mass is 9.97. The van der Waals surface area contributed by atoms with Crippen molar-refractivity contribution < 1.29 is 4.74 Å². The van der Waals surface area contributed by atoms with E-state index in [0.717, 1.165) is 57.9 Å². The van der Waals surface area contributed by atoms with E-state index < -0.39 is 0 Å². The number of rotatable bonds is 4. The fourth-order valence-corrected chi connectivity index (χ4v) is 4.77. The molecule has 1 aromatic rings. The summed E-state index contributed by atoms with van der Waals surface area (Å²) in [6.07, 6.45) is 6.18. The third-order valence-corrected chi connectivity index (χ3v) is 6.70. The maximum atomic E-state index is 6.24. The van der Waals surface area contributed by atoms with Crippen LogP contribution in [0, 0.1) is 0 Å². The molecule has 2 saturated heterocycles. The number of pyridine rings is 1. The van der Waals surface area contributed by atoms with Crippen molar-refractivity contribution in [3.05, 3.63) is 23.4 Å². The molecule has 1 aromatic heterocycles. The maximum absolute atomic E-state index is 6.24. The summed E-state index contributed by atoms with van der Waals surface area (Å²) in [6.45, 7) is 12.4. The highest BCUT2D eigenvalue weighted by molar-refractivity contribution is 5.28. The Labute approximate surface area is 164 Å². The van der Waals surface area contributed by atoms with Crippen molar-refractivity contribution in [1.82, 2.24) is 20.1 Å². The van der Waals surface area contributed by atoms with Crippen LogP contribution in [0.4, 0.5) is 0 Å². The highest BCUT2D eigenvalue weighted by atomic mass is 16.5. The zero-order chi connectivity index (χ0) is 18.8. The van der Waals surface area contributed by atoms with Gasteiger partial charge in [-0.2, -0.15) is 0 Å². The lowest BCUT2D eigenvalue weighted by molar-refractivity contribution is 0.0807. The van der Waals surface area contributed by atoms with Crippen molar-refractivity contribution in [2.24, 2.45) is 0 Å². The summed E-state index contributed by atoms with van der Waals surface area (Å²) in [6, 6.07) is 6.34. The highest BCUT2D eigenvalue weighted by Gasteiger charge is 2.28. The first-order valence-corrected chi connectivity index (χ1v) is 11.0. The molecule has 27 heavy (non-hydrogen) atoms. The van der Waals surface area contributed by atoms with E-state index in [4.69, 9.17) is 9.72 Å². The Kier molecular flexibility index (Phi) is 6.00.